The van der Waals surface area contributed by atoms with Crippen LogP contribution in [0.5, 0.6) is 0 Å². The molecule has 1 aromatic rings. The van der Waals surface area contributed by atoms with Gasteiger partial charge < -0.3 is 5.11 Å². The Bertz CT molecular complexity index is 461. The predicted octanol–water partition coefficient (Wildman–Crippen LogP) is 3.64. The molecule has 0 saturated heterocycles. The molecule has 5 heteroatoms. The smallest absolute Gasteiger partial charge is 0.325 e. The van der Waals surface area contributed by atoms with Gasteiger partial charge in [-0.2, -0.15) is 0 Å². The van der Waals surface area contributed by atoms with Crippen molar-refractivity contribution in [2.75, 3.05) is 0 Å². The second kappa shape index (κ2) is 6.48. The van der Waals surface area contributed by atoms with E-state index < -0.39 is 12.0 Å². The van der Waals surface area contributed by atoms with E-state index in [2.05, 4.69) is 21.2 Å². The van der Waals surface area contributed by atoms with Gasteiger partial charge in [0.1, 0.15) is 11.9 Å². The Morgan fingerprint density at radius 1 is 1.37 bits per heavy atom. The van der Waals surface area contributed by atoms with Crippen LogP contribution in [0.15, 0.2) is 22.7 Å². The molecule has 2 rings (SSSR count). The Balaban J connectivity index is 2.14. The summed E-state index contributed by atoms with van der Waals surface area (Å²) in [5.41, 5.74) is 0.575. The maximum atomic E-state index is 13.2. The van der Waals surface area contributed by atoms with Crippen molar-refractivity contribution in [2.24, 2.45) is 0 Å². The summed E-state index contributed by atoms with van der Waals surface area (Å²) in [4.78, 5) is 11.4. The molecular weight excluding hydrogens is 313 g/mol. The minimum absolute atomic E-state index is 0.235. The van der Waals surface area contributed by atoms with E-state index >= 15 is 0 Å². The molecule has 1 aromatic carbocycles. The number of hydrogen-bond donors (Lipinski definition) is 2. The van der Waals surface area contributed by atoms with Crippen molar-refractivity contribution in [3.63, 3.8) is 0 Å². The summed E-state index contributed by atoms with van der Waals surface area (Å²) >= 11 is 3.09. The number of nitrogens with one attached hydrogen (secondary N) is 1. The summed E-state index contributed by atoms with van der Waals surface area (Å²) in [7, 11) is 0. The highest BCUT2D eigenvalue weighted by Gasteiger charge is 2.24. The summed E-state index contributed by atoms with van der Waals surface area (Å²) in [6.07, 6.45) is 5.50. The van der Waals surface area contributed by atoms with Crippen molar-refractivity contribution in [1.29, 1.82) is 0 Å². The Labute approximate surface area is 120 Å². The van der Waals surface area contributed by atoms with Crippen molar-refractivity contribution in [2.45, 2.75) is 44.2 Å². The lowest BCUT2D eigenvalue weighted by Gasteiger charge is -2.26. The van der Waals surface area contributed by atoms with E-state index in [-0.39, 0.29) is 11.9 Å². The van der Waals surface area contributed by atoms with Crippen LogP contribution in [0.1, 0.15) is 43.7 Å². The van der Waals surface area contributed by atoms with Crippen molar-refractivity contribution < 1.29 is 14.3 Å². The molecule has 1 aliphatic carbocycles. The fourth-order valence-corrected chi connectivity index (χ4v) is 2.90. The lowest BCUT2D eigenvalue weighted by Crippen LogP contribution is -2.38. The number of halogens is 2. The minimum Gasteiger partial charge on any atom is -0.480 e. The van der Waals surface area contributed by atoms with Crippen molar-refractivity contribution in [3.8, 4) is 0 Å². The van der Waals surface area contributed by atoms with Crippen LogP contribution in [0.2, 0.25) is 0 Å². The van der Waals surface area contributed by atoms with E-state index in [1.807, 2.05) is 0 Å². The molecule has 104 valence electrons. The van der Waals surface area contributed by atoms with E-state index in [9.17, 15) is 14.3 Å². The van der Waals surface area contributed by atoms with Crippen LogP contribution >= 0.6 is 15.9 Å². The Morgan fingerprint density at radius 2 is 2.05 bits per heavy atom. The summed E-state index contributed by atoms with van der Waals surface area (Å²) < 4.78 is 13.5. The molecule has 1 saturated carbocycles. The molecule has 1 aliphatic rings. The van der Waals surface area contributed by atoms with Gasteiger partial charge in [0, 0.05) is 6.04 Å². The fraction of sp³-hybridized carbons (Fsp3) is 0.500. The van der Waals surface area contributed by atoms with Crippen LogP contribution in [0.4, 0.5) is 4.39 Å². The van der Waals surface area contributed by atoms with Gasteiger partial charge in [0.2, 0.25) is 0 Å². The van der Waals surface area contributed by atoms with Crippen LogP contribution < -0.4 is 5.32 Å². The largest absolute Gasteiger partial charge is 0.480 e. The number of aliphatic carboxylic acids is 1. The lowest BCUT2D eigenvalue weighted by atomic mass is 9.94. The first-order valence-electron chi connectivity index (χ1n) is 6.51. The second-order valence-electron chi connectivity index (χ2n) is 4.95. The van der Waals surface area contributed by atoms with Gasteiger partial charge in [0.15, 0.2) is 0 Å². The monoisotopic (exact) mass is 329 g/mol. The molecular formula is C14H17BrFNO2. The average molecular weight is 330 g/mol. The molecule has 2 N–H and O–H groups in total. The highest BCUT2D eigenvalue weighted by molar-refractivity contribution is 9.10. The molecule has 0 aliphatic heterocycles. The molecule has 3 nitrogen and oxygen atoms in total. The first-order chi connectivity index (χ1) is 9.08. The highest BCUT2D eigenvalue weighted by atomic mass is 79.9. The van der Waals surface area contributed by atoms with Crippen LogP contribution in [0.3, 0.4) is 0 Å². The zero-order valence-corrected chi connectivity index (χ0v) is 12.1. The van der Waals surface area contributed by atoms with E-state index in [0.29, 0.717) is 10.0 Å². The summed E-state index contributed by atoms with van der Waals surface area (Å²) in [5, 5.41) is 12.5. The van der Waals surface area contributed by atoms with Gasteiger partial charge in [-0.15, -0.1) is 0 Å². The SMILES string of the molecule is O=C(O)C(NC1CCCCC1)c1ccc(F)c(Br)c1. The summed E-state index contributed by atoms with van der Waals surface area (Å²) in [5.74, 6) is -1.31. The maximum absolute atomic E-state index is 13.2. The van der Waals surface area contributed by atoms with Gasteiger partial charge in [0.05, 0.1) is 4.47 Å². The number of rotatable bonds is 4. The van der Waals surface area contributed by atoms with Crippen LogP contribution in [-0.4, -0.2) is 17.1 Å². The number of hydrogen-bond acceptors (Lipinski definition) is 2. The van der Waals surface area contributed by atoms with Gasteiger partial charge >= 0.3 is 5.97 Å². The summed E-state index contributed by atoms with van der Waals surface area (Å²) in [6, 6.07) is 3.80. The van der Waals surface area contributed by atoms with Crippen molar-refractivity contribution in [3.05, 3.63) is 34.1 Å². The molecule has 0 amide bonds. The number of benzene rings is 1. The Morgan fingerprint density at radius 3 is 2.63 bits per heavy atom. The van der Waals surface area contributed by atoms with E-state index in [1.54, 1.807) is 0 Å². The third kappa shape index (κ3) is 3.76. The first kappa shape index (κ1) is 14.5. The molecule has 1 fully saturated rings. The van der Waals surface area contributed by atoms with Gasteiger partial charge in [-0.1, -0.05) is 25.3 Å². The maximum Gasteiger partial charge on any atom is 0.325 e. The number of carboxylic acid groups (broad SMARTS) is 1. The highest BCUT2D eigenvalue weighted by Crippen LogP contribution is 2.25. The normalized spacial score (nSPS) is 18.2. The van der Waals surface area contributed by atoms with Crippen LogP contribution in [-0.2, 0) is 4.79 Å². The minimum atomic E-state index is -0.927. The van der Waals surface area contributed by atoms with Crippen molar-refractivity contribution in [1.82, 2.24) is 5.32 Å². The molecule has 19 heavy (non-hydrogen) atoms. The van der Waals surface area contributed by atoms with Gasteiger partial charge in [-0.25, -0.2) is 4.39 Å². The zero-order chi connectivity index (χ0) is 13.8. The predicted molar refractivity (Wildman–Crippen MR) is 74.5 cm³/mol. The standard InChI is InChI=1S/C14H17BrFNO2/c15-11-8-9(6-7-12(11)16)13(14(18)19)17-10-4-2-1-3-5-10/h6-8,10,13,17H,1-5H2,(H,18,19). The van der Waals surface area contributed by atoms with E-state index in [0.717, 1.165) is 25.7 Å². The number of carbonyl (C=O) groups is 1. The average Bonchev–Trinajstić information content (AvgIpc) is 2.40. The topological polar surface area (TPSA) is 49.3 Å². The lowest BCUT2D eigenvalue weighted by molar-refractivity contribution is -0.140. The third-order valence-corrected chi connectivity index (χ3v) is 4.14. The molecule has 1 unspecified atom stereocenters. The molecule has 0 bridgehead atoms. The first-order valence-corrected chi connectivity index (χ1v) is 7.31. The van der Waals surface area contributed by atoms with Crippen LogP contribution in [0, 0.1) is 5.82 Å². The third-order valence-electron chi connectivity index (χ3n) is 3.53. The van der Waals surface area contributed by atoms with E-state index in [4.69, 9.17) is 0 Å². The quantitative estimate of drug-likeness (QED) is 0.886. The van der Waals surface area contributed by atoms with Gasteiger partial charge in [-0.05, 0) is 46.5 Å². The van der Waals surface area contributed by atoms with Gasteiger partial charge in [0.25, 0.3) is 0 Å². The molecule has 1 atom stereocenters. The van der Waals surface area contributed by atoms with Crippen LogP contribution in [0.25, 0.3) is 0 Å². The molecule has 0 radical (unpaired) electrons. The Hall–Kier alpha value is -0.940. The Kier molecular flexibility index (Phi) is 4.93. The summed E-state index contributed by atoms with van der Waals surface area (Å²) in [6.45, 7) is 0. The molecule has 0 heterocycles. The van der Waals surface area contributed by atoms with Crippen molar-refractivity contribution >= 4 is 21.9 Å². The second-order valence-corrected chi connectivity index (χ2v) is 5.80. The molecule has 0 aromatic heterocycles. The van der Waals surface area contributed by atoms with Gasteiger partial charge in [-0.3, -0.25) is 10.1 Å². The van der Waals surface area contributed by atoms with E-state index in [1.165, 1.54) is 24.6 Å². The molecule has 0 spiro atoms. The zero-order valence-electron chi connectivity index (χ0n) is 10.5. The number of carboxylic acids is 1. The fourth-order valence-electron chi connectivity index (χ4n) is 2.51.